The van der Waals surface area contributed by atoms with Crippen molar-refractivity contribution in [3.63, 3.8) is 0 Å². The highest BCUT2D eigenvalue weighted by Gasteiger charge is 2.53. The Morgan fingerprint density at radius 3 is 2.61 bits per heavy atom. The second kappa shape index (κ2) is 6.49. The summed E-state index contributed by atoms with van der Waals surface area (Å²) in [6, 6.07) is 16.8. The van der Waals surface area contributed by atoms with E-state index in [0.29, 0.717) is 5.75 Å². The highest BCUT2D eigenvalue weighted by molar-refractivity contribution is 5.53. The summed E-state index contributed by atoms with van der Waals surface area (Å²) in [5.74, 6) is 0.381. The van der Waals surface area contributed by atoms with Crippen molar-refractivity contribution in [2.45, 2.75) is 69.8 Å². The molecule has 5 rings (SSSR count). The average molecular weight is 375 g/mol. The summed E-state index contributed by atoms with van der Waals surface area (Å²) < 4.78 is 0. The maximum absolute atomic E-state index is 10.7. The number of fused-ring (bicyclic) bond motifs is 4. The molecule has 0 saturated heterocycles. The van der Waals surface area contributed by atoms with Gasteiger partial charge in [-0.3, -0.25) is 0 Å². The molecular formula is C26H30O2. The van der Waals surface area contributed by atoms with E-state index in [-0.39, 0.29) is 16.9 Å². The van der Waals surface area contributed by atoms with Crippen molar-refractivity contribution in [1.82, 2.24) is 0 Å². The first kappa shape index (κ1) is 18.0. The second-order valence-electron chi connectivity index (χ2n) is 9.24. The maximum Gasteiger partial charge on any atom is 0.115 e. The first-order valence-electron chi connectivity index (χ1n) is 10.8. The molecule has 0 bridgehead atoms. The SMILES string of the molecule is CC[C@@]12CC[C@@]3(Cc4ccccc4)C[C@@H](O)CC3=C1CCc1cc(O)ccc12. The summed E-state index contributed by atoms with van der Waals surface area (Å²) in [6.07, 6.45) is 8.06. The van der Waals surface area contributed by atoms with Gasteiger partial charge in [-0.1, -0.05) is 54.5 Å². The topological polar surface area (TPSA) is 40.5 Å². The Morgan fingerprint density at radius 2 is 1.82 bits per heavy atom. The lowest BCUT2D eigenvalue weighted by atomic mass is 9.53. The standard InChI is InChI=1S/C26H30O2/c1-2-26-13-12-25(16-18-6-4-3-5-7-18)17-21(28)15-24(25)23(26)10-8-19-14-20(27)9-11-22(19)26/h3-7,9,11,14,21,27-28H,2,8,10,12-13,15-17H2,1H3/t21-,25+,26-/m0/s1. The van der Waals surface area contributed by atoms with E-state index in [1.165, 1.54) is 16.7 Å². The summed E-state index contributed by atoms with van der Waals surface area (Å²) in [5, 5.41) is 20.7. The van der Waals surface area contributed by atoms with Crippen LogP contribution in [0.25, 0.3) is 0 Å². The zero-order valence-corrected chi connectivity index (χ0v) is 16.7. The van der Waals surface area contributed by atoms with E-state index in [1.807, 2.05) is 12.1 Å². The first-order chi connectivity index (χ1) is 13.6. The molecule has 0 aliphatic heterocycles. The van der Waals surface area contributed by atoms with Crippen LogP contribution in [0.15, 0.2) is 59.7 Å². The summed E-state index contributed by atoms with van der Waals surface area (Å²) >= 11 is 0. The molecule has 2 aromatic carbocycles. The van der Waals surface area contributed by atoms with Gasteiger partial charge in [0.1, 0.15) is 5.75 Å². The third-order valence-electron chi connectivity index (χ3n) is 7.92. The number of rotatable bonds is 3. The van der Waals surface area contributed by atoms with E-state index in [9.17, 15) is 10.2 Å². The van der Waals surface area contributed by atoms with Gasteiger partial charge in [-0.25, -0.2) is 0 Å². The maximum atomic E-state index is 10.7. The van der Waals surface area contributed by atoms with Crippen molar-refractivity contribution in [2.24, 2.45) is 5.41 Å². The largest absolute Gasteiger partial charge is 0.508 e. The zero-order valence-electron chi connectivity index (χ0n) is 16.7. The summed E-state index contributed by atoms with van der Waals surface area (Å²) in [4.78, 5) is 0. The average Bonchev–Trinajstić information content (AvgIpc) is 3.03. The van der Waals surface area contributed by atoms with Gasteiger partial charge in [-0.2, -0.15) is 0 Å². The molecule has 0 heterocycles. The van der Waals surface area contributed by atoms with E-state index >= 15 is 0 Å². The summed E-state index contributed by atoms with van der Waals surface area (Å²) in [5.41, 5.74) is 7.54. The molecule has 3 atom stereocenters. The van der Waals surface area contributed by atoms with Gasteiger partial charge in [0.15, 0.2) is 0 Å². The minimum Gasteiger partial charge on any atom is -0.508 e. The number of aryl methyl sites for hydroxylation is 1. The molecule has 3 aliphatic carbocycles. The predicted octanol–water partition coefficient (Wildman–Crippen LogP) is 5.46. The fraction of sp³-hybridized carbons (Fsp3) is 0.462. The molecule has 0 aromatic heterocycles. The highest BCUT2D eigenvalue weighted by Crippen LogP contribution is 2.62. The minimum absolute atomic E-state index is 0.0981. The van der Waals surface area contributed by atoms with E-state index < -0.39 is 0 Å². The third-order valence-corrected chi connectivity index (χ3v) is 7.92. The lowest BCUT2D eigenvalue weighted by Crippen LogP contribution is -2.41. The van der Waals surface area contributed by atoms with Crippen LogP contribution in [-0.4, -0.2) is 16.3 Å². The van der Waals surface area contributed by atoms with E-state index in [1.54, 1.807) is 11.1 Å². The molecule has 0 radical (unpaired) electrons. The van der Waals surface area contributed by atoms with Crippen LogP contribution in [0.4, 0.5) is 0 Å². The lowest BCUT2D eigenvalue weighted by molar-refractivity contribution is 0.148. The lowest BCUT2D eigenvalue weighted by Gasteiger charge is -2.50. The van der Waals surface area contributed by atoms with Gasteiger partial charge in [-0.15, -0.1) is 0 Å². The molecule has 1 saturated carbocycles. The smallest absolute Gasteiger partial charge is 0.115 e. The number of aromatic hydroxyl groups is 1. The van der Waals surface area contributed by atoms with E-state index in [0.717, 1.165) is 51.4 Å². The summed E-state index contributed by atoms with van der Waals surface area (Å²) in [6.45, 7) is 2.32. The molecule has 2 nitrogen and oxygen atoms in total. The van der Waals surface area contributed by atoms with Crippen LogP contribution in [-0.2, 0) is 18.3 Å². The van der Waals surface area contributed by atoms with Crippen molar-refractivity contribution in [3.05, 3.63) is 76.4 Å². The van der Waals surface area contributed by atoms with Crippen LogP contribution in [0.3, 0.4) is 0 Å². The molecule has 2 aromatic rings. The van der Waals surface area contributed by atoms with Gasteiger partial charge in [0, 0.05) is 5.41 Å². The minimum atomic E-state index is -0.208. The van der Waals surface area contributed by atoms with Crippen molar-refractivity contribution in [2.75, 3.05) is 0 Å². The number of phenols is 1. The molecular weight excluding hydrogens is 344 g/mol. The molecule has 28 heavy (non-hydrogen) atoms. The molecule has 2 N–H and O–H groups in total. The number of benzene rings is 2. The van der Waals surface area contributed by atoms with Gasteiger partial charge in [0.2, 0.25) is 0 Å². The van der Waals surface area contributed by atoms with Gasteiger partial charge in [0.05, 0.1) is 6.10 Å². The van der Waals surface area contributed by atoms with Crippen LogP contribution < -0.4 is 0 Å². The molecule has 2 heteroatoms. The summed E-state index contributed by atoms with van der Waals surface area (Å²) in [7, 11) is 0. The Balaban J connectivity index is 1.65. The van der Waals surface area contributed by atoms with Crippen LogP contribution in [0.5, 0.6) is 5.75 Å². The number of allylic oxidation sites excluding steroid dienone is 1. The van der Waals surface area contributed by atoms with Gasteiger partial charge in [-0.05, 0) is 85.6 Å². The van der Waals surface area contributed by atoms with E-state index in [4.69, 9.17) is 0 Å². The van der Waals surface area contributed by atoms with Gasteiger partial charge < -0.3 is 10.2 Å². The number of aliphatic hydroxyl groups is 1. The Labute approximate surface area is 167 Å². The van der Waals surface area contributed by atoms with Crippen molar-refractivity contribution in [3.8, 4) is 5.75 Å². The van der Waals surface area contributed by atoms with E-state index in [2.05, 4.69) is 43.3 Å². The number of hydrogen-bond acceptors (Lipinski definition) is 2. The van der Waals surface area contributed by atoms with Crippen LogP contribution in [0, 0.1) is 5.41 Å². The number of aliphatic hydroxyl groups excluding tert-OH is 1. The van der Waals surface area contributed by atoms with Crippen LogP contribution in [0.1, 0.15) is 62.1 Å². The van der Waals surface area contributed by atoms with Crippen LogP contribution in [0.2, 0.25) is 0 Å². The molecule has 0 unspecified atom stereocenters. The Morgan fingerprint density at radius 1 is 1.00 bits per heavy atom. The molecule has 146 valence electrons. The number of hydrogen-bond donors (Lipinski definition) is 2. The number of phenolic OH excluding ortho intramolecular Hbond substituents is 1. The van der Waals surface area contributed by atoms with Crippen LogP contribution >= 0.6 is 0 Å². The Kier molecular flexibility index (Phi) is 4.17. The zero-order chi connectivity index (χ0) is 19.4. The normalized spacial score (nSPS) is 31.3. The van der Waals surface area contributed by atoms with Gasteiger partial charge >= 0.3 is 0 Å². The fourth-order valence-corrected chi connectivity index (χ4v) is 6.72. The molecule has 3 aliphatic rings. The Hall–Kier alpha value is -2.06. The highest BCUT2D eigenvalue weighted by atomic mass is 16.3. The Bertz CT molecular complexity index is 929. The third kappa shape index (κ3) is 2.58. The fourth-order valence-electron chi connectivity index (χ4n) is 6.72. The monoisotopic (exact) mass is 374 g/mol. The van der Waals surface area contributed by atoms with Gasteiger partial charge in [0.25, 0.3) is 0 Å². The molecule has 1 fully saturated rings. The van der Waals surface area contributed by atoms with Crippen molar-refractivity contribution < 1.29 is 10.2 Å². The molecule has 0 spiro atoms. The van der Waals surface area contributed by atoms with Crippen molar-refractivity contribution >= 4 is 0 Å². The second-order valence-corrected chi connectivity index (χ2v) is 9.24. The quantitative estimate of drug-likeness (QED) is 0.700. The van der Waals surface area contributed by atoms with Crippen molar-refractivity contribution in [1.29, 1.82) is 0 Å². The predicted molar refractivity (Wildman–Crippen MR) is 112 cm³/mol. The molecule has 0 amide bonds. The first-order valence-corrected chi connectivity index (χ1v) is 10.8.